The third kappa shape index (κ3) is 5.35. The molecule has 1 aliphatic rings. The van der Waals surface area contributed by atoms with Crippen LogP contribution < -0.4 is 0 Å². The largest absolute Gasteiger partial charge is 0.416 e. The van der Waals surface area contributed by atoms with E-state index in [1.54, 1.807) is 14.0 Å². The van der Waals surface area contributed by atoms with E-state index in [2.05, 4.69) is 20.2 Å². The van der Waals surface area contributed by atoms with E-state index in [0.717, 1.165) is 25.0 Å². The summed E-state index contributed by atoms with van der Waals surface area (Å²) in [6.07, 6.45) is -2.93. The van der Waals surface area contributed by atoms with E-state index in [-0.39, 0.29) is 23.3 Å². The number of aromatic amines is 1. The Labute approximate surface area is 198 Å². The van der Waals surface area contributed by atoms with Crippen molar-refractivity contribution in [2.75, 3.05) is 7.05 Å². The molecule has 1 aromatic carbocycles. The van der Waals surface area contributed by atoms with E-state index in [0.29, 0.717) is 30.1 Å². The molecule has 2 atom stereocenters. The van der Waals surface area contributed by atoms with Gasteiger partial charge >= 0.3 is 6.18 Å². The van der Waals surface area contributed by atoms with Gasteiger partial charge in [-0.25, -0.2) is 18.7 Å². The fraction of sp³-hybridized carbons (Fsp3) is 0.478. The Hall–Kier alpha value is -3.31. The lowest BCUT2D eigenvalue weighted by Gasteiger charge is -2.34. The number of hydrogen-bond acceptors (Lipinski definition) is 4. The van der Waals surface area contributed by atoms with Gasteiger partial charge in [-0.2, -0.15) is 18.3 Å². The Kier molecular flexibility index (Phi) is 6.91. The molecule has 0 spiro atoms. The predicted octanol–water partition coefficient (Wildman–Crippen LogP) is 5.06. The number of aromatic nitrogens is 5. The summed E-state index contributed by atoms with van der Waals surface area (Å²) in [5, 5.41) is 7.12. The second-order valence-electron chi connectivity index (χ2n) is 8.78. The molecule has 3 aromatic rings. The normalized spacial score (nSPS) is 18.7. The van der Waals surface area contributed by atoms with Gasteiger partial charge < -0.3 is 9.47 Å². The van der Waals surface area contributed by atoms with Gasteiger partial charge in [0.2, 0.25) is 0 Å². The van der Waals surface area contributed by atoms with Crippen molar-refractivity contribution < 1.29 is 26.7 Å². The minimum atomic E-state index is -4.53. The molecule has 0 radical (unpaired) electrons. The highest BCUT2D eigenvalue weighted by molar-refractivity contribution is 5.94. The van der Waals surface area contributed by atoms with Crippen LogP contribution in [0.1, 0.15) is 59.0 Å². The molecule has 1 N–H and O–H groups in total. The summed E-state index contributed by atoms with van der Waals surface area (Å²) in [7, 11) is 1.59. The monoisotopic (exact) mass is 496 g/mol. The number of nitrogens with zero attached hydrogens (tertiary/aromatic N) is 5. The van der Waals surface area contributed by atoms with Crippen LogP contribution in [0.15, 0.2) is 30.6 Å². The lowest BCUT2D eigenvalue weighted by Crippen LogP contribution is -2.40. The maximum atomic E-state index is 13.1. The second kappa shape index (κ2) is 9.74. The molecule has 35 heavy (non-hydrogen) atoms. The Balaban J connectivity index is 1.49. The van der Waals surface area contributed by atoms with Crippen LogP contribution in [-0.4, -0.2) is 55.1 Å². The van der Waals surface area contributed by atoms with Crippen molar-refractivity contribution in [1.29, 1.82) is 0 Å². The van der Waals surface area contributed by atoms with Crippen molar-refractivity contribution in [1.82, 2.24) is 29.6 Å². The number of aryl methyl sites for hydroxylation is 1. The molecule has 12 heteroatoms. The van der Waals surface area contributed by atoms with Gasteiger partial charge in [-0.05, 0) is 44.4 Å². The molecule has 1 aliphatic carbocycles. The van der Waals surface area contributed by atoms with E-state index >= 15 is 0 Å². The first-order chi connectivity index (χ1) is 16.5. The lowest BCUT2D eigenvalue weighted by atomic mass is 9.84. The Morgan fingerprint density at radius 3 is 2.77 bits per heavy atom. The van der Waals surface area contributed by atoms with Gasteiger partial charge in [0.05, 0.1) is 24.1 Å². The van der Waals surface area contributed by atoms with Crippen LogP contribution >= 0.6 is 0 Å². The molecule has 0 unspecified atom stereocenters. The van der Waals surface area contributed by atoms with Crippen molar-refractivity contribution in [3.05, 3.63) is 53.2 Å². The van der Waals surface area contributed by atoms with Crippen molar-refractivity contribution in [2.45, 2.75) is 63.7 Å². The SMILES string of the molecule is Cc1ncn(CC(F)F)c1-c1n[nH]c([C@H]2CCC[C@@H](N(C)C(=O)c3cccc(C(F)(F)F)c3)C2)n1. The van der Waals surface area contributed by atoms with Crippen molar-refractivity contribution in [3.8, 4) is 11.5 Å². The van der Waals surface area contributed by atoms with Crippen molar-refractivity contribution in [3.63, 3.8) is 0 Å². The summed E-state index contributed by atoms with van der Waals surface area (Å²) in [5.74, 6) is 0.296. The van der Waals surface area contributed by atoms with Gasteiger partial charge in [-0.15, -0.1) is 0 Å². The fourth-order valence-corrected chi connectivity index (χ4v) is 4.59. The molecule has 188 valence electrons. The molecule has 2 heterocycles. The van der Waals surface area contributed by atoms with Crippen LogP contribution in [-0.2, 0) is 12.7 Å². The summed E-state index contributed by atoms with van der Waals surface area (Å²) in [6, 6.07) is 4.21. The number of benzene rings is 1. The summed E-state index contributed by atoms with van der Waals surface area (Å²) in [5.41, 5.74) is 0.0594. The molecular weight excluding hydrogens is 471 g/mol. The van der Waals surface area contributed by atoms with Gasteiger partial charge in [0.15, 0.2) is 5.82 Å². The first-order valence-electron chi connectivity index (χ1n) is 11.2. The van der Waals surface area contributed by atoms with Crippen molar-refractivity contribution in [2.24, 2.45) is 0 Å². The molecule has 1 amide bonds. The Morgan fingerprint density at radius 1 is 1.29 bits per heavy atom. The number of H-pyrrole nitrogens is 1. The molecular formula is C23H25F5N6O. The van der Waals surface area contributed by atoms with Crippen LogP contribution in [0.25, 0.3) is 11.5 Å². The standard InChI is InChI=1S/C23H25F5N6O/c1-13-19(34(12-29-13)11-18(24)25)21-30-20(31-32-21)14-5-4-8-17(10-14)33(2)22(35)15-6-3-7-16(9-15)23(26,27)28/h3,6-7,9,12,14,17-18H,4-5,8,10-11H2,1-2H3,(H,30,31,32)/t14-,17+/m0/s1. The predicted molar refractivity (Wildman–Crippen MR) is 117 cm³/mol. The number of carbonyl (C=O) groups excluding carboxylic acids is 1. The first-order valence-corrected chi connectivity index (χ1v) is 11.2. The molecule has 1 saturated carbocycles. The second-order valence-corrected chi connectivity index (χ2v) is 8.78. The highest BCUT2D eigenvalue weighted by Crippen LogP contribution is 2.35. The van der Waals surface area contributed by atoms with E-state index in [4.69, 9.17) is 0 Å². The third-order valence-electron chi connectivity index (χ3n) is 6.41. The van der Waals surface area contributed by atoms with Gasteiger partial charge in [-0.1, -0.05) is 12.5 Å². The highest BCUT2D eigenvalue weighted by Gasteiger charge is 2.33. The first kappa shape index (κ1) is 24.8. The third-order valence-corrected chi connectivity index (χ3v) is 6.41. The topological polar surface area (TPSA) is 79.7 Å². The van der Waals surface area contributed by atoms with E-state index < -0.39 is 30.6 Å². The van der Waals surface area contributed by atoms with Crippen LogP contribution in [0.3, 0.4) is 0 Å². The number of imidazole rings is 1. The van der Waals surface area contributed by atoms with Gasteiger partial charge in [-0.3, -0.25) is 9.89 Å². The Bertz CT molecular complexity index is 1190. The number of alkyl halides is 5. The maximum absolute atomic E-state index is 13.1. The zero-order chi connectivity index (χ0) is 25.3. The minimum absolute atomic E-state index is 0.0193. The number of carbonyl (C=O) groups is 1. The highest BCUT2D eigenvalue weighted by atomic mass is 19.4. The average Bonchev–Trinajstić information content (AvgIpc) is 3.44. The van der Waals surface area contributed by atoms with Crippen LogP contribution in [0, 0.1) is 6.92 Å². The quantitative estimate of drug-likeness (QED) is 0.484. The summed E-state index contributed by atoms with van der Waals surface area (Å²) >= 11 is 0. The number of hydrogen-bond donors (Lipinski definition) is 1. The van der Waals surface area contributed by atoms with Crippen LogP contribution in [0.2, 0.25) is 0 Å². The lowest BCUT2D eigenvalue weighted by molar-refractivity contribution is -0.137. The van der Waals surface area contributed by atoms with Crippen LogP contribution in [0.4, 0.5) is 22.0 Å². The Morgan fingerprint density at radius 2 is 2.06 bits per heavy atom. The molecule has 1 fully saturated rings. The van der Waals surface area contributed by atoms with Crippen molar-refractivity contribution >= 4 is 5.91 Å². The zero-order valence-corrected chi connectivity index (χ0v) is 19.2. The zero-order valence-electron chi connectivity index (χ0n) is 19.2. The minimum Gasteiger partial charge on any atom is -0.339 e. The average molecular weight is 496 g/mol. The summed E-state index contributed by atoms with van der Waals surface area (Å²) < 4.78 is 66.3. The van der Waals surface area contributed by atoms with E-state index in [1.807, 2.05) is 0 Å². The fourth-order valence-electron chi connectivity index (χ4n) is 4.59. The van der Waals surface area contributed by atoms with E-state index in [9.17, 15) is 26.7 Å². The van der Waals surface area contributed by atoms with Crippen LogP contribution in [0.5, 0.6) is 0 Å². The molecule has 7 nitrogen and oxygen atoms in total. The smallest absolute Gasteiger partial charge is 0.339 e. The molecule has 0 bridgehead atoms. The maximum Gasteiger partial charge on any atom is 0.416 e. The summed E-state index contributed by atoms with van der Waals surface area (Å²) in [4.78, 5) is 23.1. The van der Waals surface area contributed by atoms with Gasteiger partial charge in [0, 0.05) is 24.6 Å². The molecule has 0 saturated heterocycles. The number of halogens is 5. The molecule has 4 rings (SSSR count). The van der Waals surface area contributed by atoms with Gasteiger partial charge in [0.1, 0.15) is 11.5 Å². The molecule has 2 aromatic heterocycles. The molecule has 0 aliphatic heterocycles. The van der Waals surface area contributed by atoms with E-state index in [1.165, 1.54) is 27.9 Å². The number of nitrogens with one attached hydrogen (secondary N) is 1. The number of amides is 1. The number of rotatable bonds is 6. The summed E-state index contributed by atoms with van der Waals surface area (Å²) in [6.45, 7) is 1.17. The van der Waals surface area contributed by atoms with Gasteiger partial charge in [0.25, 0.3) is 12.3 Å².